The van der Waals surface area contributed by atoms with Crippen molar-refractivity contribution in [1.82, 2.24) is 5.32 Å². The Labute approximate surface area is 126 Å². The Kier molecular flexibility index (Phi) is 4.94. The number of anilines is 1. The lowest BCUT2D eigenvalue weighted by Crippen LogP contribution is -2.32. The number of hydrogen-bond acceptors (Lipinski definition) is 3. The number of amides is 2. The zero-order valence-corrected chi connectivity index (χ0v) is 12.3. The van der Waals surface area contributed by atoms with Gasteiger partial charge in [0.1, 0.15) is 5.00 Å². The topological polar surface area (TPSA) is 78.4 Å². The fraction of sp³-hybridized carbons (Fsp3) is 0.200. The number of carboxylic acid groups (broad SMARTS) is 1. The van der Waals surface area contributed by atoms with E-state index in [1.54, 1.807) is 5.38 Å². The fourth-order valence-corrected chi connectivity index (χ4v) is 2.75. The Bertz CT molecular complexity index is 625. The molecule has 0 saturated carbocycles. The van der Waals surface area contributed by atoms with Gasteiger partial charge in [0.15, 0.2) is 0 Å². The average Bonchev–Trinajstić information content (AvgIpc) is 2.94. The van der Waals surface area contributed by atoms with Crippen molar-refractivity contribution in [2.75, 3.05) is 5.32 Å². The normalized spacial score (nSPS) is 11.7. The lowest BCUT2D eigenvalue weighted by Gasteiger charge is -2.17. The molecule has 1 atom stereocenters. The van der Waals surface area contributed by atoms with Crippen LogP contribution < -0.4 is 10.6 Å². The highest BCUT2D eigenvalue weighted by Crippen LogP contribution is 2.23. The van der Waals surface area contributed by atoms with Crippen LogP contribution in [-0.2, 0) is 0 Å². The van der Waals surface area contributed by atoms with E-state index in [4.69, 9.17) is 5.11 Å². The van der Waals surface area contributed by atoms with E-state index in [-0.39, 0.29) is 11.6 Å². The first-order chi connectivity index (χ1) is 10.1. The number of nitrogens with one attached hydrogen (secondary N) is 2. The minimum atomic E-state index is -1.05. The molecule has 0 spiro atoms. The second-order valence-corrected chi connectivity index (χ2v) is 5.35. The molecule has 0 bridgehead atoms. The van der Waals surface area contributed by atoms with E-state index in [1.165, 1.54) is 17.4 Å². The molecule has 21 heavy (non-hydrogen) atoms. The van der Waals surface area contributed by atoms with E-state index < -0.39 is 12.0 Å². The number of aromatic carboxylic acids is 1. The van der Waals surface area contributed by atoms with Crippen molar-refractivity contribution >= 4 is 28.3 Å². The fourth-order valence-electron chi connectivity index (χ4n) is 1.98. The molecule has 2 rings (SSSR count). The summed E-state index contributed by atoms with van der Waals surface area (Å²) in [6.07, 6.45) is 0.744. The highest BCUT2D eigenvalue weighted by Gasteiger charge is 2.16. The maximum atomic E-state index is 12.0. The van der Waals surface area contributed by atoms with Gasteiger partial charge in [0.2, 0.25) is 0 Å². The van der Waals surface area contributed by atoms with E-state index in [9.17, 15) is 9.59 Å². The van der Waals surface area contributed by atoms with E-state index in [2.05, 4.69) is 10.6 Å². The summed E-state index contributed by atoms with van der Waals surface area (Å²) in [5.74, 6) is -1.05. The maximum absolute atomic E-state index is 12.0. The van der Waals surface area contributed by atoms with Gasteiger partial charge in [0, 0.05) is 0 Å². The number of carboxylic acids is 1. The van der Waals surface area contributed by atoms with Gasteiger partial charge in [0.05, 0.1) is 11.6 Å². The zero-order chi connectivity index (χ0) is 15.2. The van der Waals surface area contributed by atoms with Crippen molar-refractivity contribution in [3.63, 3.8) is 0 Å². The Morgan fingerprint density at radius 3 is 2.57 bits per heavy atom. The summed E-state index contributed by atoms with van der Waals surface area (Å²) in [6, 6.07) is 10.6. The molecule has 6 heteroatoms. The molecule has 5 nitrogen and oxygen atoms in total. The molecular weight excluding hydrogens is 288 g/mol. The van der Waals surface area contributed by atoms with Crippen LogP contribution in [0, 0.1) is 0 Å². The summed E-state index contributed by atoms with van der Waals surface area (Å²) in [5, 5.41) is 16.4. The number of carbonyl (C=O) groups excluding carboxylic acids is 1. The number of hydrogen-bond donors (Lipinski definition) is 3. The molecule has 1 unspecified atom stereocenters. The van der Waals surface area contributed by atoms with E-state index in [0.29, 0.717) is 5.00 Å². The molecule has 0 fully saturated rings. The van der Waals surface area contributed by atoms with Crippen LogP contribution in [0.2, 0.25) is 0 Å². The third-order valence-electron chi connectivity index (χ3n) is 3.04. The van der Waals surface area contributed by atoms with Crippen molar-refractivity contribution < 1.29 is 14.7 Å². The molecule has 0 aliphatic heterocycles. The van der Waals surface area contributed by atoms with Crippen LogP contribution >= 0.6 is 11.3 Å². The number of urea groups is 1. The van der Waals surface area contributed by atoms with Crippen molar-refractivity contribution in [3.8, 4) is 0 Å². The standard InChI is InChI=1S/C15H16N2O3S/c1-2-12(10-6-4-3-5-7-10)16-15(20)17-13-11(14(18)19)8-9-21-13/h3-9,12H,2H2,1H3,(H,18,19)(H2,16,17,20). The molecular formula is C15H16N2O3S. The minimum Gasteiger partial charge on any atom is -0.478 e. The third-order valence-corrected chi connectivity index (χ3v) is 3.87. The molecule has 2 aromatic rings. The largest absolute Gasteiger partial charge is 0.478 e. The number of benzene rings is 1. The van der Waals surface area contributed by atoms with Gasteiger partial charge in [-0.15, -0.1) is 11.3 Å². The molecule has 1 heterocycles. The van der Waals surface area contributed by atoms with Gasteiger partial charge >= 0.3 is 12.0 Å². The summed E-state index contributed by atoms with van der Waals surface area (Å²) < 4.78 is 0. The van der Waals surface area contributed by atoms with Gasteiger partial charge in [-0.05, 0) is 23.4 Å². The van der Waals surface area contributed by atoms with Crippen molar-refractivity contribution in [2.45, 2.75) is 19.4 Å². The van der Waals surface area contributed by atoms with Crippen LogP contribution in [0.4, 0.5) is 9.80 Å². The summed E-state index contributed by atoms with van der Waals surface area (Å²) in [4.78, 5) is 23.0. The molecule has 0 radical (unpaired) electrons. The first kappa shape index (κ1) is 15.1. The predicted molar refractivity (Wildman–Crippen MR) is 82.9 cm³/mol. The Balaban J connectivity index is 2.04. The van der Waals surface area contributed by atoms with E-state index >= 15 is 0 Å². The monoisotopic (exact) mass is 304 g/mol. The van der Waals surface area contributed by atoms with Crippen LogP contribution in [0.5, 0.6) is 0 Å². The Hall–Kier alpha value is -2.34. The predicted octanol–water partition coefficient (Wildman–Crippen LogP) is 3.72. The molecule has 1 aromatic carbocycles. The minimum absolute atomic E-state index is 0.0999. The SMILES string of the molecule is CCC(NC(=O)Nc1sccc1C(=O)O)c1ccccc1. The highest BCUT2D eigenvalue weighted by molar-refractivity contribution is 7.14. The van der Waals surface area contributed by atoms with Crippen molar-refractivity contribution in [1.29, 1.82) is 0 Å². The lowest BCUT2D eigenvalue weighted by atomic mass is 10.1. The van der Waals surface area contributed by atoms with Crippen LogP contribution in [0.15, 0.2) is 41.8 Å². The molecule has 3 N–H and O–H groups in total. The first-order valence-corrected chi connectivity index (χ1v) is 7.43. The number of rotatable bonds is 5. The molecule has 0 aliphatic rings. The zero-order valence-electron chi connectivity index (χ0n) is 11.5. The van der Waals surface area contributed by atoms with Gasteiger partial charge < -0.3 is 10.4 Å². The Morgan fingerprint density at radius 1 is 1.24 bits per heavy atom. The number of carbonyl (C=O) groups is 2. The summed E-state index contributed by atoms with van der Waals surface area (Å²) in [5.41, 5.74) is 1.11. The van der Waals surface area contributed by atoms with E-state index in [0.717, 1.165) is 12.0 Å². The van der Waals surface area contributed by atoms with Gasteiger partial charge in [0.25, 0.3) is 0 Å². The molecule has 1 aromatic heterocycles. The van der Waals surface area contributed by atoms with Gasteiger partial charge in [-0.2, -0.15) is 0 Å². The molecule has 2 amide bonds. The smallest absolute Gasteiger partial charge is 0.338 e. The quantitative estimate of drug-likeness (QED) is 0.787. The van der Waals surface area contributed by atoms with Crippen LogP contribution in [0.25, 0.3) is 0 Å². The second kappa shape index (κ2) is 6.90. The van der Waals surface area contributed by atoms with Crippen LogP contribution in [-0.4, -0.2) is 17.1 Å². The van der Waals surface area contributed by atoms with Gasteiger partial charge in [-0.3, -0.25) is 5.32 Å². The molecule has 110 valence electrons. The summed E-state index contributed by atoms with van der Waals surface area (Å²) >= 11 is 1.18. The average molecular weight is 304 g/mol. The first-order valence-electron chi connectivity index (χ1n) is 6.55. The summed E-state index contributed by atoms with van der Waals surface area (Å²) in [7, 11) is 0. The van der Waals surface area contributed by atoms with E-state index in [1.807, 2.05) is 37.3 Å². The maximum Gasteiger partial charge on any atom is 0.338 e. The number of thiophene rings is 1. The highest BCUT2D eigenvalue weighted by atomic mass is 32.1. The summed E-state index contributed by atoms with van der Waals surface area (Å²) in [6.45, 7) is 1.98. The second-order valence-electron chi connectivity index (χ2n) is 4.44. The van der Waals surface area contributed by atoms with Crippen molar-refractivity contribution in [2.24, 2.45) is 0 Å². The molecule has 0 aliphatic carbocycles. The van der Waals surface area contributed by atoms with Crippen molar-refractivity contribution in [3.05, 3.63) is 52.9 Å². The van der Waals surface area contributed by atoms with Crippen LogP contribution in [0.3, 0.4) is 0 Å². The lowest BCUT2D eigenvalue weighted by molar-refractivity contribution is 0.0698. The Morgan fingerprint density at radius 2 is 1.95 bits per heavy atom. The van der Waals surface area contributed by atoms with Gasteiger partial charge in [-0.1, -0.05) is 37.3 Å². The van der Waals surface area contributed by atoms with Gasteiger partial charge in [-0.25, -0.2) is 9.59 Å². The third kappa shape index (κ3) is 3.82. The van der Waals surface area contributed by atoms with Crippen LogP contribution in [0.1, 0.15) is 35.3 Å². The molecule has 0 saturated heterocycles.